The molecule has 1 aromatic carbocycles. The minimum absolute atomic E-state index is 0.0471. The first-order valence-electron chi connectivity index (χ1n) is 9.30. The second kappa shape index (κ2) is 8.14. The molecule has 2 N–H and O–H groups in total. The number of imidazole rings is 1. The van der Waals surface area contributed by atoms with E-state index in [9.17, 15) is 9.59 Å². The normalized spacial score (nSPS) is 16.1. The third-order valence-corrected chi connectivity index (χ3v) is 4.88. The summed E-state index contributed by atoms with van der Waals surface area (Å²) < 4.78 is 5.16. The van der Waals surface area contributed by atoms with E-state index in [4.69, 9.17) is 4.74 Å². The minimum Gasteiger partial charge on any atom is -0.497 e. The van der Waals surface area contributed by atoms with Gasteiger partial charge in [-0.2, -0.15) is 0 Å². The van der Waals surface area contributed by atoms with Gasteiger partial charge in [-0.1, -0.05) is 6.07 Å². The Morgan fingerprint density at radius 3 is 2.79 bits per heavy atom. The highest BCUT2D eigenvalue weighted by molar-refractivity contribution is 5.96. The zero-order chi connectivity index (χ0) is 20.2. The smallest absolute Gasteiger partial charge is 0.232 e. The average Bonchev–Trinajstić information content (AvgIpc) is 3.36. The van der Waals surface area contributed by atoms with Crippen LogP contribution in [0.15, 0.2) is 54.9 Å². The van der Waals surface area contributed by atoms with Gasteiger partial charge >= 0.3 is 0 Å². The quantitative estimate of drug-likeness (QED) is 0.672. The van der Waals surface area contributed by atoms with Crippen LogP contribution < -0.4 is 10.1 Å². The van der Waals surface area contributed by atoms with E-state index < -0.39 is 5.92 Å². The Kier molecular flexibility index (Phi) is 5.24. The maximum Gasteiger partial charge on any atom is 0.232 e. The van der Waals surface area contributed by atoms with E-state index in [1.165, 1.54) is 0 Å². The Morgan fingerprint density at radius 2 is 2.07 bits per heavy atom. The van der Waals surface area contributed by atoms with Crippen LogP contribution in [-0.2, 0) is 16.1 Å². The topological polar surface area (TPSA) is 100 Å². The molecule has 1 saturated heterocycles. The molecule has 1 aliphatic rings. The van der Waals surface area contributed by atoms with Crippen LogP contribution in [0.3, 0.4) is 0 Å². The number of carbonyl (C=O) groups excluding carboxylic acids is 2. The number of nitrogens with one attached hydrogen (secondary N) is 2. The molecule has 1 fully saturated rings. The third-order valence-electron chi connectivity index (χ3n) is 4.88. The fraction of sp³-hybridized carbons (Fsp3) is 0.238. The van der Waals surface area contributed by atoms with Crippen molar-refractivity contribution in [3.8, 4) is 17.0 Å². The highest BCUT2D eigenvalue weighted by atomic mass is 16.5. The summed E-state index contributed by atoms with van der Waals surface area (Å²) in [6, 6.07) is 13.1. The Labute approximate surface area is 167 Å². The van der Waals surface area contributed by atoms with Gasteiger partial charge in [-0.05, 0) is 42.0 Å². The number of H-pyrrole nitrogens is 1. The molecule has 4 rings (SSSR count). The predicted octanol–water partition coefficient (Wildman–Crippen LogP) is 2.47. The Balaban J connectivity index is 1.37. The molecule has 0 saturated carbocycles. The molecule has 1 aliphatic heterocycles. The Hall–Kier alpha value is -3.68. The van der Waals surface area contributed by atoms with Gasteiger partial charge in [0.2, 0.25) is 17.8 Å². The molecule has 2 amide bonds. The van der Waals surface area contributed by atoms with Gasteiger partial charge in [-0.15, -0.1) is 0 Å². The summed E-state index contributed by atoms with van der Waals surface area (Å²) in [7, 11) is 1.62. The summed E-state index contributed by atoms with van der Waals surface area (Å²) in [5, 5.41) is 2.78. The SMILES string of the molecule is COc1ccc(-c2cnc(NC(=O)C3CC(=O)N(Cc4ccccn4)C3)[nH]2)cc1. The first kappa shape index (κ1) is 18.7. The van der Waals surface area contributed by atoms with Gasteiger partial charge < -0.3 is 14.6 Å². The van der Waals surface area contributed by atoms with Gasteiger partial charge in [0.1, 0.15) is 5.75 Å². The summed E-state index contributed by atoms with van der Waals surface area (Å²) in [4.78, 5) is 38.1. The average molecular weight is 391 g/mol. The molecule has 8 nitrogen and oxygen atoms in total. The summed E-state index contributed by atoms with van der Waals surface area (Å²) in [5.41, 5.74) is 2.51. The van der Waals surface area contributed by atoms with Crippen molar-refractivity contribution in [2.24, 2.45) is 5.92 Å². The van der Waals surface area contributed by atoms with Gasteiger partial charge in [0.25, 0.3) is 0 Å². The number of amides is 2. The lowest BCUT2D eigenvalue weighted by atomic mass is 10.1. The molecule has 1 atom stereocenters. The molecule has 0 aliphatic carbocycles. The highest BCUT2D eigenvalue weighted by Crippen LogP contribution is 2.23. The van der Waals surface area contributed by atoms with E-state index in [2.05, 4.69) is 20.3 Å². The van der Waals surface area contributed by atoms with Gasteiger partial charge in [0, 0.05) is 19.2 Å². The van der Waals surface area contributed by atoms with Crippen molar-refractivity contribution in [3.63, 3.8) is 0 Å². The van der Waals surface area contributed by atoms with Crippen molar-refractivity contribution in [1.29, 1.82) is 0 Å². The largest absolute Gasteiger partial charge is 0.497 e. The Bertz CT molecular complexity index is 1000. The second-order valence-corrected chi connectivity index (χ2v) is 6.86. The van der Waals surface area contributed by atoms with Gasteiger partial charge in [0.05, 0.1) is 37.2 Å². The van der Waals surface area contributed by atoms with Crippen LogP contribution in [0.2, 0.25) is 0 Å². The summed E-state index contributed by atoms with van der Waals surface area (Å²) in [6.45, 7) is 0.777. The molecular formula is C21H21N5O3. The number of ether oxygens (including phenoxy) is 1. The number of pyridine rings is 1. The number of rotatable bonds is 6. The summed E-state index contributed by atoms with van der Waals surface area (Å²) in [6.07, 6.45) is 3.53. The van der Waals surface area contributed by atoms with Crippen LogP contribution in [0.1, 0.15) is 12.1 Å². The molecular weight excluding hydrogens is 370 g/mol. The molecule has 148 valence electrons. The Morgan fingerprint density at radius 1 is 1.24 bits per heavy atom. The van der Waals surface area contributed by atoms with Crippen LogP contribution in [0.4, 0.5) is 5.95 Å². The third kappa shape index (κ3) is 4.26. The van der Waals surface area contributed by atoms with E-state index in [1.807, 2.05) is 42.5 Å². The molecule has 1 unspecified atom stereocenters. The number of hydrogen-bond acceptors (Lipinski definition) is 5. The molecule has 0 bridgehead atoms. The second-order valence-electron chi connectivity index (χ2n) is 6.86. The van der Waals surface area contributed by atoms with Crippen LogP contribution >= 0.6 is 0 Å². The number of likely N-dealkylation sites (tertiary alicyclic amines) is 1. The fourth-order valence-corrected chi connectivity index (χ4v) is 3.31. The van der Waals surface area contributed by atoms with E-state index in [1.54, 1.807) is 24.4 Å². The van der Waals surface area contributed by atoms with Crippen molar-refractivity contribution in [2.45, 2.75) is 13.0 Å². The van der Waals surface area contributed by atoms with Crippen LogP contribution in [0.25, 0.3) is 11.3 Å². The number of benzene rings is 1. The number of anilines is 1. The summed E-state index contributed by atoms with van der Waals surface area (Å²) >= 11 is 0. The van der Waals surface area contributed by atoms with E-state index >= 15 is 0 Å². The van der Waals surface area contributed by atoms with Crippen molar-refractivity contribution >= 4 is 17.8 Å². The lowest BCUT2D eigenvalue weighted by Gasteiger charge is -2.15. The zero-order valence-corrected chi connectivity index (χ0v) is 16.0. The van der Waals surface area contributed by atoms with Gasteiger partial charge in [-0.3, -0.25) is 19.9 Å². The molecule has 2 aromatic heterocycles. The first-order valence-corrected chi connectivity index (χ1v) is 9.30. The van der Waals surface area contributed by atoms with E-state index in [0.29, 0.717) is 19.0 Å². The number of methoxy groups -OCH3 is 1. The number of hydrogen-bond donors (Lipinski definition) is 2. The number of aromatic nitrogens is 3. The predicted molar refractivity (Wildman–Crippen MR) is 107 cm³/mol. The number of nitrogens with zero attached hydrogens (tertiary/aromatic N) is 3. The van der Waals surface area contributed by atoms with Crippen molar-refractivity contribution in [2.75, 3.05) is 19.0 Å². The zero-order valence-electron chi connectivity index (χ0n) is 16.0. The molecule has 0 radical (unpaired) electrons. The van der Waals surface area contributed by atoms with E-state index in [0.717, 1.165) is 22.7 Å². The molecule has 3 heterocycles. The lowest BCUT2D eigenvalue weighted by Crippen LogP contribution is -2.28. The lowest BCUT2D eigenvalue weighted by molar-refractivity contribution is -0.128. The summed E-state index contributed by atoms with van der Waals surface area (Å²) in [5.74, 6) is 0.437. The van der Waals surface area contributed by atoms with Crippen LogP contribution in [0, 0.1) is 5.92 Å². The number of aromatic amines is 1. The first-order chi connectivity index (χ1) is 14.1. The molecule has 0 spiro atoms. The molecule has 8 heteroatoms. The van der Waals surface area contributed by atoms with Gasteiger partial charge in [0.15, 0.2) is 0 Å². The monoisotopic (exact) mass is 391 g/mol. The van der Waals surface area contributed by atoms with Crippen LogP contribution in [-0.4, -0.2) is 45.3 Å². The standard InChI is InChI=1S/C21H21N5O3/c1-29-17-7-5-14(6-8-17)18-11-23-21(24-18)25-20(28)15-10-19(27)26(12-15)13-16-4-2-3-9-22-16/h2-9,11,15H,10,12-13H2,1H3,(H2,23,24,25,28). The van der Waals surface area contributed by atoms with Gasteiger partial charge in [-0.25, -0.2) is 4.98 Å². The van der Waals surface area contributed by atoms with Crippen LogP contribution in [0.5, 0.6) is 5.75 Å². The molecule has 29 heavy (non-hydrogen) atoms. The van der Waals surface area contributed by atoms with Crippen molar-refractivity contribution in [3.05, 3.63) is 60.6 Å². The minimum atomic E-state index is -0.416. The van der Waals surface area contributed by atoms with Crippen molar-refractivity contribution < 1.29 is 14.3 Å². The maximum atomic E-state index is 12.6. The maximum absolute atomic E-state index is 12.6. The fourth-order valence-electron chi connectivity index (χ4n) is 3.31. The van der Waals surface area contributed by atoms with Crippen molar-refractivity contribution in [1.82, 2.24) is 19.9 Å². The highest BCUT2D eigenvalue weighted by Gasteiger charge is 2.34. The molecule has 3 aromatic rings. The van der Waals surface area contributed by atoms with E-state index in [-0.39, 0.29) is 18.2 Å². The number of carbonyl (C=O) groups is 2.